The molecule has 0 saturated heterocycles. The number of rotatable bonds is 10. The first-order chi connectivity index (χ1) is 8.74. The van der Waals surface area contributed by atoms with Gasteiger partial charge in [-0.1, -0.05) is 26.8 Å². The number of hydrogen-bond donors (Lipinski definition) is 1. The van der Waals surface area contributed by atoms with Crippen LogP contribution in [0.4, 0.5) is 0 Å². The summed E-state index contributed by atoms with van der Waals surface area (Å²) in [6, 6.07) is 0. The van der Waals surface area contributed by atoms with Crippen molar-refractivity contribution in [2.75, 3.05) is 6.54 Å². The molecule has 0 aliphatic heterocycles. The molecule has 0 aliphatic carbocycles. The molecular weight excluding hydrogens is 250 g/mol. The maximum absolute atomic E-state index is 6.56. The highest BCUT2D eigenvalue weighted by Gasteiger charge is 2.38. The predicted octanol–water partition coefficient (Wildman–Crippen LogP) is 4.86. The molecule has 2 nitrogen and oxygen atoms in total. The first kappa shape index (κ1) is 18.9. The lowest BCUT2D eigenvalue weighted by atomic mass is 10.1. The monoisotopic (exact) mass is 285 g/mol. The summed E-state index contributed by atoms with van der Waals surface area (Å²) in [5, 5.41) is 0.289. The van der Waals surface area contributed by atoms with Gasteiger partial charge in [0.2, 0.25) is 0 Å². The van der Waals surface area contributed by atoms with Crippen LogP contribution in [-0.2, 0) is 4.43 Å². The van der Waals surface area contributed by atoms with Crippen LogP contribution in [-0.4, -0.2) is 21.0 Å². The minimum atomic E-state index is -1.65. The third kappa shape index (κ3) is 7.90. The Labute approximate surface area is 121 Å². The molecule has 2 N–H and O–H groups in total. The van der Waals surface area contributed by atoms with Gasteiger partial charge in [0.05, 0.1) is 0 Å². The highest BCUT2D eigenvalue weighted by Crippen LogP contribution is 2.38. The Morgan fingerprint density at radius 2 is 1.74 bits per heavy atom. The van der Waals surface area contributed by atoms with E-state index in [9.17, 15) is 0 Å². The van der Waals surface area contributed by atoms with E-state index in [0.29, 0.717) is 6.10 Å². The Hall–Kier alpha value is -0.123. The van der Waals surface area contributed by atoms with Crippen LogP contribution in [0.2, 0.25) is 18.1 Å². The summed E-state index contributed by atoms with van der Waals surface area (Å²) in [5.41, 5.74) is 5.59. The molecule has 0 aromatic rings. The highest BCUT2D eigenvalue weighted by atomic mass is 28.4. The quantitative estimate of drug-likeness (QED) is 0.353. The average Bonchev–Trinajstić information content (AvgIpc) is 2.27. The van der Waals surface area contributed by atoms with Crippen LogP contribution in [0.25, 0.3) is 0 Å². The zero-order chi connectivity index (χ0) is 14.9. The molecule has 0 spiro atoms. The van der Waals surface area contributed by atoms with Gasteiger partial charge in [0, 0.05) is 6.10 Å². The fraction of sp³-hybridized carbons (Fsp3) is 0.875. The van der Waals surface area contributed by atoms with Crippen LogP contribution in [0.1, 0.15) is 59.3 Å². The van der Waals surface area contributed by atoms with Crippen LogP contribution in [0.15, 0.2) is 12.7 Å². The van der Waals surface area contributed by atoms with Crippen molar-refractivity contribution in [3.8, 4) is 0 Å². The van der Waals surface area contributed by atoms with Gasteiger partial charge in [-0.15, -0.1) is 6.58 Å². The summed E-state index contributed by atoms with van der Waals surface area (Å²) in [5.74, 6) is 0. The van der Waals surface area contributed by atoms with Gasteiger partial charge in [0.15, 0.2) is 8.32 Å². The van der Waals surface area contributed by atoms with Crippen molar-refractivity contribution in [1.82, 2.24) is 0 Å². The Kier molecular flexibility index (Phi) is 8.87. The van der Waals surface area contributed by atoms with Crippen molar-refractivity contribution >= 4 is 8.32 Å². The molecular formula is C16H35NOSi. The maximum atomic E-state index is 6.56. The normalized spacial score (nSPS) is 14.4. The highest BCUT2D eigenvalue weighted by molar-refractivity contribution is 6.74. The first-order valence-electron chi connectivity index (χ1n) is 7.73. The second kappa shape index (κ2) is 8.93. The Bertz CT molecular complexity index is 246. The average molecular weight is 286 g/mol. The minimum Gasteiger partial charge on any atom is -0.414 e. The molecule has 0 aliphatic rings. The summed E-state index contributed by atoms with van der Waals surface area (Å²) in [6.07, 6.45) is 9.29. The molecule has 0 saturated carbocycles. The standard InChI is InChI=1S/C16H35NOSi/c1-7-8-9-12-15(13-10-11-14-17)18-19(5,6)16(2,3)4/h7,15H,1,8-14,17H2,2-6H3. The lowest BCUT2D eigenvalue weighted by molar-refractivity contribution is 0.156. The molecule has 1 unspecified atom stereocenters. The summed E-state index contributed by atoms with van der Waals surface area (Å²) in [6.45, 7) is 16.2. The summed E-state index contributed by atoms with van der Waals surface area (Å²) < 4.78 is 6.56. The number of unbranched alkanes of at least 4 members (excludes halogenated alkanes) is 2. The molecule has 19 heavy (non-hydrogen) atoms. The zero-order valence-corrected chi connectivity index (χ0v) is 14.8. The van der Waals surface area contributed by atoms with E-state index in [1.54, 1.807) is 0 Å². The molecule has 0 amide bonds. The maximum Gasteiger partial charge on any atom is 0.192 e. The van der Waals surface area contributed by atoms with E-state index in [1.165, 1.54) is 12.8 Å². The van der Waals surface area contributed by atoms with E-state index in [0.717, 1.165) is 32.2 Å². The fourth-order valence-electron chi connectivity index (χ4n) is 1.86. The topological polar surface area (TPSA) is 35.2 Å². The van der Waals surface area contributed by atoms with Gasteiger partial charge in [-0.3, -0.25) is 0 Å². The third-order valence-corrected chi connectivity index (χ3v) is 8.72. The van der Waals surface area contributed by atoms with Crippen molar-refractivity contribution in [3.05, 3.63) is 12.7 Å². The molecule has 0 heterocycles. The van der Waals surface area contributed by atoms with Crippen LogP contribution in [0.5, 0.6) is 0 Å². The fourth-order valence-corrected chi connectivity index (χ4v) is 3.28. The molecule has 0 aromatic heterocycles. The molecule has 114 valence electrons. The zero-order valence-electron chi connectivity index (χ0n) is 13.8. The van der Waals surface area contributed by atoms with E-state index < -0.39 is 8.32 Å². The van der Waals surface area contributed by atoms with Gasteiger partial charge in [0.25, 0.3) is 0 Å². The van der Waals surface area contributed by atoms with E-state index in [1.807, 2.05) is 6.08 Å². The number of hydrogen-bond acceptors (Lipinski definition) is 2. The Morgan fingerprint density at radius 3 is 2.21 bits per heavy atom. The number of allylic oxidation sites excluding steroid dienone is 1. The smallest absolute Gasteiger partial charge is 0.192 e. The van der Waals surface area contributed by atoms with Crippen LogP contribution in [0.3, 0.4) is 0 Å². The molecule has 0 radical (unpaired) electrons. The lowest BCUT2D eigenvalue weighted by Gasteiger charge is -2.39. The predicted molar refractivity (Wildman–Crippen MR) is 89.0 cm³/mol. The van der Waals surface area contributed by atoms with E-state index >= 15 is 0 Å². The summed E-state index contributed by atoms with van der Waals surface area (Å²) in [7, 11) is -1.65. The Balaban J connectivity index is 4.41. The van der Waals surface area contributed by atoms with E-state index in [4.69, 9.17) is 10.2 Å². The van der Waals surface area contributed by atoms with Crippen LogP contribution < -0.4 is 5.73 Å². The van der Waals surface area contributed by atoms with E-state index in [-0.39, 0.29) is 5.04 Å². The molecule has 0 aromatic carbocycles. The van der Waals surface area contributed by atoms with E-state index in [2.05, 4.69) is 40.4 Å². The third-order valence-electron chi connectivity index (χ3n) is 4.18. The van der Waals surface area contributed by atoms with Crippen LogP contribution in [0, 0.1) is 0 Å². The largest absolute Gasteiger partial charge is 0.414 e. The van der Waals surface area contributed by atoms with Crippen LogP contribution >= 0.6 is 0 Å². The first-order valence-corrected chi connectivity index (χ1v) is 10.6. The van der Waals surface area contributed by atoms with Gasteiger partial charge in [-0.05, 0) is 63.2 Å². The van der Waals surface area contributed by atoms with Gasteiger partial charge in [-0.25, -0.2) is 0 Å². The minimum absolute atomic E-state index is 0.289. The molecule has 3 heteroatoms. The second-order valence-corrected chi connectivity index (χ2v) is 11.8. The SMILES string of the molecule is C=CCCCC(CCCCN)O[Si](C)(C)C(C)(C)C. The molecule has 0 fully saturated rings. The van der Waals surface area contributed by atoms with Gasteiger partial charge < -0.3 is 10.2 Å². The summed E-state index contributed by atoms with van der Waals surface area (Å²) in [4.78, 5) is 0. The van der Waals surface area contributed by atoms with Gasteiger partial charge in [-0.2, -0.15) is 0 Å². The van der Waals surface area contributed by atoms with Crippen molar-refractivity contribution in [3.63, 3.8) is 0 Å². The molecule has 0 bridgehead atoms. The Morgan fingerprint density at radius 1 is 1.16 bits per heavy atom. The molecule has 0 rings (SSSR count). The summed E-state index contributed by atoms with van der Waals surface area (Å²) >= 11 is 0. The van der Waals surface area contributed by atoms with Crippen molar-refractivity contribution < 1.29 is 4.43 Å². The van der Waals surface area contributed by atoms with Crippen molar-refractivity contribution in [1.29, 1.82) is 0 Å². The lowest BCUT2D eigenvalue weighted by Crippen LogP contribution is -2.44. The number of nitrogens with two attached hydrogens (primary N) is 1. The van der Waals surface area contributed by atoms with Crippen molar-refractivity contribution in [2.45, 2.75) is 83.5 Å². The molecule has 1 atom stereocenters. The van der Waals surface area contributed by atoms with Gasteiger partial charge >= 0.3 is 0 Å². The van der Waals surface area contributed by atoms with Gasteiger partial charge in [0.1, 0.15) is 0 Å². The van der Waals surface area contributed by atoms with Crippen molar-refractivity contribution in [2.24, 2.45) is 5.73 Å². The second-order valence-electron chi connectivity index (χ2n) is 7.00.